The van der Waals surface area contributed by atoms with E-state index in [0.29, 0.717) is 13.1 Å². The Morgan fingerprint density at radius 2 is 1.93 bits per heavy atom. The summed E-state index contributed by atoms with van der Waals surface area (Å²) >= 11 is 3.37. The Balaban J connectivity index is 1.34. The lowest BCUT2D eigenvalue weighted by Gasteiger charge is -2.10. The molecule has 154 valence electrons. The molecule has 1 amide bonds. The van der Waals surface area contributed by atoms with Gasteiger partial charge in [0.15, 0.2) is 0 Å². The van der Waals surface area contributed by atoms with Crippen LogP contribution >= 0.6 is 23.1 Å². The monoisotopic (exact) mass is 436 g/mol. The first-order chi connectivity index (χ1) is 14.6. The predicted octanol–water partition coefficient (Wildman–Crippen LogP) is 4.69. The maximum absolute atomic E-state index is 12.6. The van der Waals surface area contributed by atoms with Gasteiger partial charge < -0.3 is 9.88 Å². The number of nitrogens with one attached hydrogen (secondary N) is 1. The van der Waals surface area contributed by atoms with Crippen LogP contribution in [0.3, 0.4) is 0 Å². The van der Waals surface area contributed by atoms with Gasteiger partial charge in [0, 0.05) is 17.5 Å². The van der Waals surface area contributed by atoms with Crippen LogP contribution in [0.25, 0.3) is 22.3 Å². The zero-order chi connectivity index (χ0) is 20.9. The summed E-state index contributed by atoms with van der Waals surface area (Å²) in [6, 6.07) is 16.4. The van der Waals surface area contributed by atoms with Gasteiger partial charge in [0.05, 0.1) is 27.5 Å². The normalized spacial score (nSPS) is 11.1. The van der Waals surface area contributed by atoms with Crippen molar-refractivity contribution in [1.29, 1.82) is 0 Å². The predicted molar refractivity (Wildman–Crippen MR) is 126 cm³/mol. The van der Waals surface area contributed by atoms with Gasteiger partial charge >= 0.3 is 0 Å². The molecule has 4 aromatic rings. The smallest absolute Gasteiger partial charge is 0.240 e. The summed E-state index contributed by atoms with van der Waals surface area (Å²) in [4.78, 5) is 21.8. The lowest BCUT2D eigenvalue weighted by molar-refractivity contribution is -0.121. The summed E-state index contributed by atoms with van der Waals surface area (Å²) in [5.74, 6) is 1.73. The van der Waals surface area contributed by atoms with Crippen LogP contribution in [0.1, 0.15) is 16.4 Å². The van der Waals surface area contributed by atoms with Gasteiger partial charge in [-0.05, 0) is 37.3 Å². The molecule has 5 nitrogen and oxygen atoms in total. The Morgan fingerprint density at radius 1 is 1.13 bits per heavy atom. The van der Waals surface area contributed by atoms with Crippen LogP contribution in [0.15, 0.2) is 53.9 Å². The molecule has 2 aromatic heterocycles. The standard InChI is InChI=1S/C23H24N4OS2/c1-16-25-20(14-30-16)18-9-7-17(8-10-18)11-12-24-23(28)13-27-21-6-4-3-5-19(21)26-22(27)15-29-2/h3-10,14H,11-13,15H2,1-2H3,(H,24,28). The molecule has 2 aromatic carbocycles. The molecule has 0 spiro atoms. The van der Waals surface area contributed by atoms with E-state index in [1.54, 1.807) is 23.1 Å². The number of para-hydroxylation sites is 2. The third-order valence-corrected chi connectivity index (χ3v) is 6.23. The second-order valence-corrected chi connectivity index (χ2v) is 9.01. The van der Waals surface area contributed by atoms with E-state index in [9.17, 15) is 4.79 Å². The fourth-order valence-corrected chi connectivity index (χ4v) is 4.53. The molecule has 0 saturated heterocycles. The van der Waals surface area contributed by atoms with E-state index >= 15 is 0 Å². The highest BCUT2D eigenvalue weighted by Gasteiger charge is 2.13. The highest BCUT2D eigenvalue weighted by molar-refractivity contribution is 7.97. The number of hydrogen-bond acceptors (Lipinski definition) is 5. The molecule has 0 fully saturated rings. The molecule has 1 N–H and O–H groups in total. The summed E-state index contributed by atoms with van der Waals surface area (Å²) < 4.78 is 2.02. The molecular formula is C23H24N4OS2. The van der Waals surface area contributed by atoms with Crippen molar-refractivity contribution in [3.63, 3.8) is 0 Å². The number of carbonyl (C=O) groups is 1. The van der Waals surface area contributed by atoms with Gasteiger partial charge in [-0.2, -0.15) is 11.8 Å². The first-order valence-corrected chi connectivity index (χ1v) is 12.1. The molecule has 0 aliphatic rings. The molecule has 0 atom stereocenters. The number of rotatable bonds is 8. The average molecular weight is 437 g/mol. The van der Waals surface area contributed by atoms with Crippen LogP contribution in [0.5, 0.6) is 0 Å². The number of imidazole rings is 1. The second-order valence-electron chi connectivity index (χ2n) is 7.08. The third-order valence-electron chi connectivity index (χ3n) is 4.91. The summed E-state index contributed by atoms with van der Waals surface area (Å²) in [5, 5.41) is 6.20. The van der Waals surface area contributed by atoms with Crippen molar-refractivity contribution in [2.45, 2.75) is 25.6 Å². The van der Waals surface area contributed by atoms with Gasteiger partial charge in [-0.1, -0.05) is 36.4 Å². The molecule has 0 radical (unpaired) electrons. The fraction of sp³-hybridized carbons (Fsp3) is 0.261. The van der Waals surface area contributed by atoms with Crippen molar-refractivity contribution in [1.82, 2.24) is 19.9 Å². The first-order valence-electron chi connectivity index (χ1n) is 9.85. The number of nitrogens with zero attached hydrogens (tertiary/aromatic N) is 3. The minimum atomic E-state index is 0.00933. The largest absolute Gasteiger partial charge is 0.354 e. The highest BCUT2D eigenvalue weighted by Crippen LogP contribution is 2.22. The SMILES string of the molecule is CSCc1nc2ccccc2n1CC(=O)NCCc1ccc(-c2csc(C)n2)cc1. The van der Waals surface area contributed by atoms with Gasteiger partial charge in [-0.15, -0.1) is 11.3 Å². The first kappa shape index (κ1) is 20.6. The Morgan fingerprint density at radius 3 is 2.67 bits per heavy atom. The number of carbonyl (C=O) groups excluding carboxylic acids is 1. The molecule has 0 unspecified atom stereocenters. The Labute approximate surface area is 184 Å². The quantitative estimate of drug-likeness (QED) is 0.435. The van der Waals surface area contributed by atoms with Crippen LogP contribution in [0.4, 0.5) is 0 Å². The molecular weight excluding hydrogens is 412 g/mol. The number of fused-ring (bicyclic) bond motifs is 1. The molecule has 0 aliphatic carbocycles. The summed E-state index contributed by atoms with van der Waals surface area (Å²) in [6.07, 6.45) is 2.84. The number of amides is 1. The van der Waals surface area contributed by atoms with E-state index < -0.39 is 0 Å². The van der Waals surface area contributed by atoms with Gasteiger partial charge in [0.25, 0.3) is 0 Å². The number of thiazole rings is 1. The Kier molecular flexibility index (Phi) is 6.50. The zero-order valence-corrected chi connectivity index (χ0v) is 18.7. The molecule has 0 bridgehead atoms. The van der Waals surface area contributed by atoms with E-state index in [1.165, 1.54) is 5.56 Å². The van der Waals surface area contributed by atoms with E-state index in [4.69, 9.17) is 0 Å². The molecule has 7 heteroatoms. The van der Waals surface area contributed by atoms with Crippen LogP contribution in [-0.2, 0) is 23.5 Å². The minimum Gasteiger partial charge on any atom is -0.354 e. The average Bonchev–Trinajstić information content (AvgIpc) is 3.33. The van der Waals surface area contributed by atoms with E-state index in [-0.39, 0.29) is 5.91 Å². The number of thioether (sulfide) groups is 1. The van der Waals surface area contributed by atoms with Crippen LogP contribution in [0.2, 0.25) is 0 Å². The number of benzene rings is 2. The van der Waals surface area contributed by atoms with Crippen LogP contribution in [0, 0.1) is 6.92 Å². The molecule has 2 heterocycles. The summed E-state index contributed by atoms with van der Waals surface area (Å²) in [7, 11) is 0. The van der Waals surface area contributed by atoms with Crippen molar-refractivity contribution in [2.75, 3.05) is 12.8 Å². The maximum atomic E-state index is 12.6. The second kappa shape index (κ2) is 9.45. The van der Waals surface area contributed by atoms with Gasteiger partial charge in [-0.25, -0.2) is 9.97 Å². The lowest BCUT2D eigenvalue weighted by atomic mass is 10.1. The van der Waals surface area contributed by atoms with Gasteiger partial charge in [0.1, 0.15) is 12.4 Å². The van der Waals surface area contributed by atoms with Crippen molar-refractivity contribution in [3.8, 4) is 11.3 Å². The fourth-order valence-electron chi connectivity index (χ4n) is 3.43. The van der Waals surface area contributed by atoms with Gasteiger partial charge in [-0.3, -0.25) is 4.79 Å². The van der Waals surface area contributed by atoms with Crippen molar-refractivity contribution in [3.05, 3.63) is 70.3 Å². The third kappa shape index (κ3) is 4.74. The zero-order valence-electron chi connectivity index (χ0n) is 17.1. The van der Waals surface area contributed by atoms with Crippen molar-refractivity contribution < 1.29 is 4.79 Å². The van der Waals surface area contributed by atoms with E-state index in [1.807, 2.05) is 42.0 Å². The van der Waals surface area contributed by atoms with Crippen LogP contribution < -0.4 is 5.32 Å². The lowest BCUT2D eigenvalue weighted by Crippen LogP contribution is -2.29. The van der Waals surface area contributed by atoms with E-state index in [0.717, 1.165) is 45.3 Å². The topological polar surface area (TPSA) is 59.8 Å². The van der Waals surface area contributed by atoms with Crippen molar-refractivity contribution >= 4 is 40.0 Å². The van der Waals surface area contributed by atoms with E-state index in [2.05, 4.69) is 44.9 Å². The number of hydrogen-bond donors (Lipinski definition) is 1. The maximum Gasteiger partial charge on any atom is 0.240 e. The molecule has 4 rings (SSSR count). The Hall–Kier alpha value is -2.64. The van der Waals surface area contributed by atoms with Crippen LogP contribution in [-0.4, -0.2) is 33.2 Å². The molecule has 30 heavy (non-hydrogen) atoms. The summed E-state index contributed by atoms with van der Waals surface area (Å²) in [5.41, 5.74) is 5.28. The molecule has 0 saturated carbocycles. The number of aryl methyl sites for hydroxylation is 1. The summed E-state index contributed by atoms with van der Waals surface area (Å²) in [6.45, 7) is 2.92. The highest BCUT2D eigenvalue weighted by atomic mass is 32.2. The number of aromatic nitrogens is 3. The molecule has 0 aliphatic heterocycles. The van der Waals surface area contributed by atoms with Crippen molar-refractivity contribution in [2.24, 2.45) is 0 Å². The minimum absolute atomic E-state index is 0.00933. The Bertz CT molecular complexity index is 1150. The van der Waals surface area contributed by atoms with Gasteiger partial charge in [0.2, 0.25) is 5.91 Å².